The molecule has 0 radical (unpaired) electrons. The Labute approximate surface area is 108 Å². The Bertz CT molecular complexity index is 516. The standard InChI is InChI=1S/C12H12N2O3S/c1-7-3-2-4-8(5-7)13-10(15)6-9-11(16)14-12(17)18-9/h2-5,9H,6H2,1H3,(H,13,15)(H,14,16,17). The highest BCUT2D eigenvalue weighted by Crippen LogP contribution is 2.22. The van der Waals surface area contributed by atoms with Crippen LogP contribution in [0.5, 0.6) is 0 Å². The molecule has 6 heteroatoms. The molecule has 5 nitrogen and oxygen atoms in total. The van der Waals surface area contributed by atoms with Crippen molar-refractivity contribution in [1.82, 2.24) is 5.32 Å². The number of thioether (sulfide) groups is 1. The molecule has 0 aliphatic carbocycles. The highest BCUT2D eigenvalue weighted by Gasteiger charge is 2.33. The number of anilines is 1. The summed E-state index contributed by atoms with van der Waals surface area (Å²) < 4.78 is 0. The highest BCUT2D eigenvalue weighted by molar-refractivity contribution is 8.15. The van der Waals surface area contributed by atoms with E-state index in [1.807, 2.05) is 25.1 Å². The van der Waals surface area contributed by atoms with Gasteiger partial charge >= 0.3 is 0 Å². The fraction of sp³-hybridized carbons (Fsp3) is 0.250. The first-order chi connectivity index (χ1) is 8.54. The second kappa shape index (κ2) is 5.22. The van der Waals surface area contributed by atoms with Crippen molar-refractivity contribution in [2.75, 3.05) is 5.32 Å². The van der Waals surface area contributed by atoms with Crippen molar-refractivity contribution in [3.63, 3.8) is 0 Å². The summed E-state index contributed by atoms with van der Waals surface area (Å²) in [6, 6.07) is 7.38. The van der Waals surface area contributed by atoms with Gasteiger partial charge in [0, 0.05) is 12.1 Å². The highest BCUT2D eigenvalue weighted by atomic mass is 32.2. The number of benzene rings is 1. The van der Waals surface area contributed by atoms with Crippen LogP contribution in [0.3, 0.4) is 0 Å². The smallest absolute Gasteiger partial charge is 0.286 e. The molecule has 3 amide bonds. The zero-order valence-corrected chi connectivity index (χ0v) is 10.5. The molecule has 1 aliphatic heterocycles. The number of aryl methyl sites for hydroxylation is 1. The summed E-state index contributed by atoms with van der Waals surface area (Å²) in [5.41, 5.74) is 1.73. The Balaban J connectivity index is 1.93. The van der Waals surface area contributed by atoms with Crippen LogP contribution in [0.1, 0.15) is 12.0 Å². The number of nitrogens with one attached hydrogen (secondary N) is 2. The third kappa shape index (κ3) is 3.10. The molecule has 2 rings (SSSR count). The van der Waals surface area contributed by atoms with Crippen molar-refractivity contribution in [3.05, 3.63) is 29.8 Å². The van der Waals surface area contributed by atoms with Gasteiger partial charge in [-0.15, -0.1) is 0 Å². The summed E-state index contributed by atoms with van der Waals surface area (Å²) in [5.74, 6) is -0.674. The van der Waals surface area contributed by atoms with Gasteiger partial charge in [-0.25, -0.2) is 0 Å². The number of amides is 3. The lowest BCUT2D eigenvalue weighted by atomic mass is 10.2. The Hall–Kier alpha value is -1.82. The largest absolute Gasteiger partial charge is 0.326 e. The lowest BCUT2D eigenvalue weighted by Crippen LogP contribution is -2.27. The maximum absolute atomic E-state index is 11.7. The Kier molecular flexibility index (Phi) is 3.66. The number of imide groups is 1. The number of carbonyl (C=O) groups is 3. The predicted molar refractivity (Wildman–Crippen MR) is 69.3 cm³/mol. The van der Waals surface area contributed by atoms with Gasteiger partial charge in [-0.2, -0.15) is 0 Å². The van der Waals surface area contributed by atoms with Crippen LogP contribution in [0, 0.1) is 6.92 Å². The van der Waals surface area contributed by atoms with Crippen LogP contribution in [0.15, 0.2) is 24.3 Å². The lowest BCUT2D eigenvalue weighted by Gasteiger charge is -2.07. The summed E-state index contributed by atoms with van der Waals surface area (Å²) in [6.07, 6.45) is -0.00379. The predicted octanol–water partition coefficient (Wildman–Crippen LogP) is 1.68. The normalized spacial score (nSPS) is 18.6. The van der Waals surface area contributed by atoms with Crippen molar-refractivity contribution in [1.29, 1.82) is 0 Å². The minimum absolute atomic E-state index is 0.00379. The first-order valence-corrected chi connectivity index (χ1v) is 6.30. The second-order valence-electron chi connectivity index (χ2n) is 4.00. The summed E-state index contributed by atoms with van der Waals surface area (Å²) in [4.78, 5) is 34.0. The monoisotopic (exact) mass is 264 g/mol. The maximum atomic E-state index is 11.7. The fourth-order valence-corrected chi connectivity index (χ4v) is 2.45. The van der Waals surface area contributed by atoms with Crippen LogP contribution in [-0.2, 0) is 9.59 Å². The topological polar surface area (TPSA) is 75.3 Å². The van der Waals surface area contributed by atoms with E-state index in [0.29, 0.717) is 5.69 Å². The van der Waals surface area contributed by atoms with Gasteiger partial charge in [0.1, 0.15) is 5.25 Å². The van der Waals surface area contributed by atoms with Gasteiger partial charge < -0.3 is 5.32 Å². The Morgan fingerprint density at radius 3 is 2.83 bits per heavy atom. The van der Waals surface area contributed by atoms with Crippen LogP contribution in [0.2, 0.25) is 0 Å². The number of hydrogen-bond acceptors (Lipinski definition) is 4. The summed E-state index contributed by atoms with van der Waals surface area (Å²) in [5, 5.41) is 3.83. The molecule has 1 atom stereocenters. The average Bonchev–Trinajstić information content (AvgIpc) is 2.57. The van der Waals surface area contributed by atoms with Gasteiger partial charge in [-0.3, -0.25) is 19.7 Å². The SMILES string of the molecule is Cc1cccc(NC(=O)CC2SC(=O)NC2=O)c1. The molecule has 18 heavy (non-hydrogen) atoms. The van der Waals surface area contributed by atoms with E-state index in [9.17, 15) is 14.4 Å². The van der Waals surface area contributed by atoms with E-state index >= 15 is 0 Å². The maximum Gasteiger partial charge on any atom is 0.286 e. The summed E-state index contributed by atoms with van der Waals surface area (Å²) in [6.45, 7) is 1.93. The number of rotatable bonds is 3. The van der Waals surface area contributed by atoms with Gasteiger partial charge in [-0.1, -0.05) is 23.9 Å². The van der Waals surface area contributed by atoms with E-state index in [2.05, 4.69) is 10.6 Å². The molecule has 1 fully saturated rings. The van der Waals surface area contributed by atoms with Crippen LogP contribution < -0.4 is 10.6 Å². The third-order valence-corrected chi connectivity index (χ3v) is 3.42. The zero-order chi connectivity index (χ0) is 13.1. The molecule has 1 aliphatic rings. The van der Waals surface area contributed by atoms with Gasteiger partial charge in [0.25, 0.3) is 5.24 Å². The first kappa shape index (κ1) is 12.6. The molecule has 2 N–H and O–H groups in total. The van der Waals surface area contributed by atoms with Crippen LogP contribution in [0.4, 0.5) is 10.5 Å². The summed E-state index contributed by atoms with van der Waals surface area (Å²) >= 11 is 0.855. The second-order valence-corrected chi connectivity index (χ2v) is 5.18. The molecule has 1 aromatic rings. The first-order valence-electron chi connectivity index (χ1n) is 5.42. The van der Waals surface area contributed by atoms with Crippen molar-refractivity contribution < 1.29 is 14.4 Å². The molecular weight excluding hydrogens is 252 g/mol. The molecule has 1 heterocycles. The van der Waals surface area contributed by atoms with Gasteiger partial charge in [0.15, 0.2) is 0 Å². The zero-order valence-electron chi connectivity index (χ0n) is 9.73. The van der Waals surface area contributed by atoms with E-state index in [-0.39, 0.29) is 12.3 Å². The molecule has 0 spiro atoms. The van der Waals surface area contributed by atoms with Crippen LogP contribution >= 0.6 is 11.8 Å². The van der Waals surface area contributed by atoms with Crippen molar-refractivity contribution >= 4 is 34.5 Å². The van der Waals surface area contributed by atoms with Crippen LogP contribution in [-0.4, -0.2) is 22.3 Å². The van der Waals surface area contributed by atoms with Gasteiger partial charge in [0.05, 0.1) is 0 Å². The molecule has 0 saturated carbocycles. The molecule has 1 aromatic carbocycles. The quantitative estimate of drug-likeness (QED) is 0.871. The van der Waals surface area contributed by atoms with Gasteiger partial charge in [-0.05, 0) is 24.6 Å². The van der Waals surface area contributed by atoms with E-state index in [1.54, 1.807) is 6.07 Å². The Morgan fingerprint density at radius 2 is 2.22 bits per heavy atom. The molecule has 0 bridgehead atoms. The lowest BCUT2D eigenvalue weighted by molar-refractivity contribution is -0.122. The minimum Gasteiger partial charge on any atom is -0.326 e. The minimum atomic E-state index is -0.623. The molecule has 0 aromatic heterocycles. The van der Waals surface area contributed by atoms with Crippen molar-refractivity contribution in [2.45, 2.75) is 18.6 Å². The molecule has 1 saturated heterocycles. The van der Waals surface area contributed by atoms with E-state index in [0.717, 1.165) is 17.3 Å². The van der Waals surface area contributed by atoms with E-state index < -0.39 is 16.4 Å². The van der Waals surface area contributed by atoms with Crippen molar-refractivity contribution in [3.8, 4) is 0 Å². The summed E-state index contributed by atoms with van der Waals surface area (Å²) in [7, 11) is 0. The molecule has 1 unspecified atom stereocenters. The molecule has 94 valence electrons. The number of carbonyl (C=O) groups excluding carboxylic acids is 3. The van der Waals surface area contributed by atoms with Crippen LogP contribution in [0.25, 0.3) is 0 Å². The number of hydrogen-bond donors (Lipinski definition) is 2. The van der Waals surface area contributed by atoms with E-state index in [4.69, 9.17) is 0 Å². The average molecular weight is 264 g/mol. The third-order valence-electron chi connectivity index (χ3n) is 2.44. The van der Waals surface area contributed by atoms with Gasteiger partial charge in [0.2, 0.25) is 11.8 Å². The Morgan fingerprint density at radius 1 is 1.44 bits per heavy atom. The molecular formula is C12H12N2O3S. The van der Waals surface area contributed by atoms with Crippen molar-refractivity contribution in [2.24, 2.45) is 0 Å². The fourth-order valence-electron chi connectivity index (χ4n) is 1.63. The van der Waals surface area contributed by atoms with E-state index in [1.165, 1.54) is 0 Å².